The zero-order valence-corrected chi connectivity index (χ0v) is 14.6. The molecule has 0 radical (unpaired) electrons. The van der Waals surface area contributed by atoms with Crippen LogP contribution in [0.2, 0.25) is 0 Å². The summed E-state index contributed by atoms with van der Waals surface area (Å²) in [5, 5.41) is 6.07. The minimum absolute atomic E-state index is 0.222. The Morgan fingerprint density at radius 2 is 1.81 bits per heavy atom. The zero-order valence-electron chi connectivity index (χ0n) is 14.6. The molecule has 2 aromatic rings. The van der Waals surface area contributed by atoms with E-state index in [-0.39, 0.29) is 13.1 Å². The maximum Gasteiger partial charge on any atom is 0.435 e. The molecule has 6 nitrogen and oxygen atoms in total. The van der Waals surface area contributed by atoms with Crippen LogP contribution in [0.3, 0.4) is 0 Å². The van der Waals surface area contributed by atoms with Crippen molar-refractivity contribution in [1.29, 1.82) is 0 Å². The van der Waals surface area contributed by atoms with Crippen molar-refractivity contribution in [2.45, 2.75) is 26.6 Å². The Labute approximate surface area is 148 Å². The molecule has 1 heterocycles. The molecule has 1 aromatic carbocycles. The first kappa shape index (κ1) is 19.5. The van der Waals surface area contributed by atoms with Gasteiger partial charge in [-0.25, -0.2) is 0 Å². The number of rotatable bonds is 5. The second-order valence-electron chi connectivity index (χ2n) is 5.96. The number of aryl methyl sites for hydroxylation is 2. The van der Waals surface area contributed by atoms with Gasteiger partial charge in [0.1, 0.15) is 6.54 Å². The van der Waals surface area contributed by atoms with E-state index in [1.807, 2.05) is 32.0 Å². The van der Waals surface area contributed by atoms with E-state index in [2.05, 4.69) is 10.4 Å². The van der Waals surface area contributed by atoms with Crippen molar-refractivity contribution in [3.8, 4) is 0 Å². The molecule has 0 aliphatic rings. The Kier molecular flexibility index (Phi) is 5.69. The van der Waals surface area contributed by atoms with Gasteiger partial charge in [0.25, 0.3) is 0 Å². The van der Waals surface area contributed by atoms with Crippen LogP contribution in [0, 0.1) is 13.8 Å². The summed E-state index contributed by atoms with van der Waals surface area (Å²) in [6.07, 6.45) is -3.49. The van der Waals surface area contributed by atoms with Crippen LogP contribution in [0.4, 0.5) is 18.9 Å². The van der Waals surface area contributed by atoms with Gasteiger partial charge in [-0.2, -0.15) is 18.3 Å². The lowest BCUT2D eigenvalue weighted by Crippen LogP contribution is -2.37. The number of para-hydroxylation sites is 1. The number of carbonyl (C=O) groups is 2. The molecule has 0 atom stereocenters. The van der Waals surface area contributed by atoms with Gasteiger partial charge in [-0.3, -0.25) is 14.3 Å². The lowest BCUT2D eigenvalue weighted by molar-refractivity contribution is -0.142. The highest BCUT2D eigenvalue weighted by atomic mass is 19.4. The average Bonchev–Trinajstić information content (AvgIpc) is 2.99. The molecular formula is C17H19F3N4O2. The Morgan fingerprint density at radius 1 is 1.19 bits per heavy atom. The molecule has 140 valence electrons. The number of hydrogen-bond acceptors (Lipinski definition) is 3. The SMILES string of the molecule is Cc1cccc(C)c1NC(=O)CN(C)C(=O)Cn1ccc(C(F)(F)F)n1. The minimum Gasteiger partial charge on any atom is -0.335 e. The van der Waals surface area contributed by atoms with Gasteiger partial charge in [0.2, 0.25) is 11.8 Å². The first-order chi connectivity index (χ1) is 12.1. The van der Waals surface area contributed by atoms with E-state index in [1.165, 1.54) is 7.05 Å². The van der Waals surface area contributed by atoms with Crippen LogP contribution in [0.15, 0.2) is 30.5 Å². The summed E-state index contributed by atoms with van der Waals surface area (Å²) < 4.78 is 38.4. The summed E-state index contributed by atoms with van der Waals surface area (Å²) in [5.74, 6) is -0.923. The highest BCUT2D eigenvalue weighted by molar-refractivity contribution is 5.95. The maximum absolute atomic E-state index is 12.5. The van der Waals surface area contributed by atoms with E-state index >= 15 is 0 Å². The predicted molar refractivity (Wildman–Crippen MR) is 89.4 cm³/mol. The van der Waals surface area contributed by atoms with Gasteiger partial charge in [-0.05, 0) is 31.0 Å². The molecule has 0 unspecified atom stereocenters. The van der Waals surface area contributed by atoms with Crippen LogP contribution in [-0.4, -0.2) is 40.1 Å². The zero-order chi connectivity index (χ0) is 19.5. The van der Waals surface area contributed by atoms with Gasteiger partial charge in [0, 0.05) is 18.9 Å². The molecule has 0 saturated heterocycles. The second kappa shape index (κ2) is 7.59. The van der Waals surface area contributed by atoms with Gasteiger partial charge >= 0.3 is 6.18 Å². The van der Waals surface area contributed by atoms with Crippen LogP contribution < -0.4 is 5.32 Å². The number of carbonyl (C=O) groups excluding carboxylic acids is 2. The minimum atomic E-state index is -4.56. The first-order valence-electron chi connectivity index (χ1n) is 7.78. The predicted octanol–water partition coefficient (Wildman–Crippen LogP) is 2.62. The summed E-state index contributed by atoms with van der Waals surface area (Å²) in [5.41, 5.74) is 1.40. The monoisotopic (exact) mass is 368 g/mol. The van der Waals surface area contributed by atoms with Crippen molar-refractivity contribution >= 4 is 17.5 Å². The number of alkyl halides is 3. The van der Waals surface area contributed by atoms with Gasteiger partial charge in [-0.1, -0.05) is 18.2 Å². The molecule has 0 spiro atoms. The number of nitrogens with one attached hydrogen (secondary N) is 1. The fourth-order valence-electron chi connectivity index (χ4n) is 2.35. The molecule has 0 bridgehead atoms. The van der Waals surface area contributed by atoms with E-state index in [1.54, 1.807) is 0 Å². The van der Waals surface area contributed by atoms with Crippen LogP contribution in [0.5, 0.6) is 0 Å². The number of benzene rings is 1. The lowest BCUT2D eigenvalue weighted by atomic mass is 10.1. The molecule has 2 rings (SSSR count). The summed E-state index contributed by atoms with van der Waals surface area (Å²) >= 11 is 0. The fraction of sp³-hybridized carbons (Fsp3) is 0.353. The van der Waals surface area contributed by atoms with Crippen molar-refractivity contribution in [3.05, 3.63) is 47.3 Å². The molecule has 9 heteroatoms. The molecule has 0 aliphatic heterocycles. The third kappa shape index (κ3) is 4.84. The number of likely N-dealkylation sites (N-methyl/N-ethyl adjacent to an activating group) is 1. The topological polar surface area (TPSA) is 67.2 Å². The Balaban J connectivity index is 1.94. The van der Waals surface area contributed by atoms with Gasteiger partial charge < -0.3 is 10.2 Å². The van der Waals surface area contributed by atoms with Crippen LogP contribution in [-0.2, 0) is 22.3 Å². The highest BCUT2D eigenvalue weighted by Gasteiger charge is 2.33. The van der Waals surface area contributed by atoms with E-state index in [0.29, 0.717) is 5.69 Å². The fourth-order valence-corrected chi connectivity index (χ4v) is 2.35. The van der Waals surface area contributed by atoms with E-state index in [0.717, 1.165) is 33.0 Å². The smallest absolute Gasteiger partial charge is 0.335 e. The number of amides is 2. The molecule has 1 N–H and O–H groups in total. The van der Waals surface area contributed by atoms with E-state index in [4.69, 9.17) is 0 Å². The van der Waals surface area contributed by atoms with Crippen molar-refractivity contribution in [2.24, 2.45) is 0 Å². The Hall–Kier alpha value is -2.84. The molecule has 2 amide bonds. The average molecular weight is 368 g/mol. The standard InChI is InChI=1S/C17H19F3N4O2/c1-11-5-4-6-12(2)16(11)21-14(25)9-23(3)15(26)10-24-8-7-13(22-24)17(18,19)20/h4-8H,9-10H2,1-3H3,(H,21,25). The molecular weight excluding hydrogens is 349 g/mol. The van der Waals surface area contributed by atoms with E-state index in [9.17, 15) is 22.8 Å². The normalized spacial score (nSPS) is 11.3. The largest absolute Gasteiger partial charge is 0.435 e. The van der Waals surface area contributed by atoms with Crippen LogP contribution >= 0.6 is 0 Å². The van der Waals surface area contributed by atoms with Gasteiger partial charge in [-0.15, -0.1) is 0 Å². The van der Waals surface area contributed by atoms with Crippen molar-refractivity contribution in [3.63, 3.8) is 0 Å². The number of nitrogens with zero attached hydrogens (tertiary/aromatic N) is 3. The van der Waals surface area contributed by atoms with E-state index < -0.39 is 23.7 Å². The number of anilines is 1. The summed E-state index contributed by atoms with van der Waals surface area (Å²) in [4.78, 5) is 25.4. The first-order valence-corrected chi connectivity index (χ1v) is 7.78. The van der Waals surface area contributed by atoms with Crippen LogP contribution in [0.1, 0.15) is 16.8 Å². The van der Waals surface area contributed by atoms with Gasteiger partial charge in [0.05, 0.1) is 6.54 Å². The maximum atomic E-state index is 12.5. The summed E-state index contributed by atoms with van der Waals surface area (Å²) in [7, 11) is 1.40. The number of hydrogen-bond donors (Lipinski definition) is 1. The quantitative estimate of drug-likeness (QED) is 0.882. The molecule has 26 heavy (non-hydrogen) atoms. The molecule has 0 fully saturated rings. The van der Waals surface area contributed by atoms with Crippen LogP contribution in [0.25, 0.3) is 0 Å². The number of halogens is 3. The number of aromatic nitrogens is 2. The molecule has 1 aromatic heterocycles. The highest BCUT2D eigenvalue weighted by Crippen LogP contribution is 2.27. The lowest BCUT2D eigenvalue weighted by Gasteiger charge is -2.18. The van der Waals surface area contributed by atoms with Crippen molar-refractivity contribution in [1.82, 2.24) is 14.7 Å². The Morgan fingerprint density at radius 3 is 2.35 bits per heavy atom. The molecule has 0 aliphatic carbocycles. The van der Waals surface area contributed by atoms with Crippen molar-refractivity contribution < 1.29 is 22.8 Å². The Bertz CT molecular complexity index is 794. The molecule has 0 saturated carbocycles. The third-order valence-corrected chi connectivity index (χ3v) is 3.78. The van der Waals surface area contributed by atoms with Gasteiger partial charge in [0.15, 0.2) is 5.69 Å². The summed E-state index contributed by atoms with van der Waals surface area (Å²) in [6.45, 7) is 3.10. The summed E-state index contributed by atoms with van der Waals surface area (Å²) in [6, 6.07) is 6.37. The second-order valence-corrected chi connectivity index (χ2v) is 5.96. The third-order valence-electron chi connectivity index (χ3n) is 3.78. The van der Waals surface area contributed by atoms with Crippen molar-refractivity contribution in [2.75, 3.05) is 18.9 Å².